The summed E-state index contributed by atoms with van der Waals surface area (Å²) in [6.45, 7) is 0. The molecule has 3 rings (SSSR count). The van der Waals surface area contributed by atoms with E-state index < -0.39 is 10.0 Å². The zero-order chi connectivity index (χ0) is 16.6. The van der Waals surface area contributed by atoms with Crippen LogP contribution in [-0.4, -0.2) is 19.3 Å². The van der Waals surface area contributed by atoms with Gasteiger partial charge in [-0.25, -0.2) is 18.5 Å². The Balaban J connectivity index is 1.85. The predicted octanol–water partition coefficient (Wildman–Crippen LogP) is 1.79. The number of sulfonamides is 1. The van der Waals surface area contributed by atoms with Gasteiger partial charge in [0.25, 0.3) is 5.91 Å². The number of pyridine rings is 1. The quantitative estimate of drug-likeness (QED) is 0.576. The van der Waals surface area contributed by atoms with Gasteiger partial charge in [-0.05, 0) is 36.4 Å². The van der Waals surface area contributed by atoms with Crippen molar-refractivity contribution in [3.63, 3.8) is 0 Å². The Bertz CT molecular complexity index is 924. The van der Waals surface area contributed by atoms with E-state index in [1.165, 1.54) is 18.3 Å². The SMILES string of the molecule is NS(=O)(=O)c1ccc(NC=C2C(=O)Nc3nc(Cl)ccc32)cc1. The number of fused-ring (bicyclic) bond motifs is 1. The molecule has 0 bridgehead atoms. The molecule has 0 spiro atoms. The van der Waals surface area contributed by atoms with Crippen LogP contribution in [0.3, 0.4) is 0 Å². The lowest BCUT2D eigenvalue weighted by Gasteiger charge is -2.04. The maximum Gasteiger partial charge on any atom is 0.259 e. The van der Waals surface area contributed by atoms with E-state index in [9.17, 15) is 13.2 Å². The van der Waals surface area contributed by atoms with Gasteiger partial charge in [0.1, 0.15) is 11.0 Å². The molecule has 0 aliphatic carbocycles. The number of hydrogen-bond donors (Lipinski definition) is 3. The molecule has 1 aromatic carbocycles. The van der Waals surface area contributed by atoms with E-state index in [4.69, 9.17) is 16.7 Å². The lowest BCUT2D eigenvalue weighted by atomic mass is 10.1. The second-order valence-corrected chi connectivity index (χ2v) is 6.70. The number of nitrogens with two attached hydrogens (primary N) is 1. The largest absolute Gasteiger partial charge is 0.361 e. The third-order valence-electron chi connectivity index (χ3n) is 3.19. The van der Waals surface area contributed by atoms with Crippen LogP contribution in [0.2, 0.25) is 5.15 Å². The zero-order valence-electron chi connectivity index (χ0n) is 11.6. The molecular formula is C14H11ClN4O3S. The van der Waals surface area contributed by atoms with Crippen LogP contribution in [-0.2, 0) is 14.8 Å². The number of carbonyl (C=O) groups is 1. The summed E-state index contributed by atoms with van der Waals surface area (Å²) in [6.07, 6.45) is 1.52. The minimum absolute atomic E-state index is 0.0125. The normalized spacial score (nSPS) is 15.4. The minimum atomic E-state index is -3.73. The minimum Gasteiger partial charge on any atom is -0.361 e. The third-order valence-corrected chi connectivity index (χ3v) is 4.33. The number of anilines is 2. The molecule has 0 saturated heterocycles. The van der Waals surface area contributed by atoms with E-state index in [2.05, 4.69) is 15.6 Å². The number of hydrogen-bond acceptors (Lipinski definition) is 5. The van der Waals surface area contributed by atoms with Gasteiger partial charge in [-0.3, -0.25) is 4.79 Å². The first-order chi connectivity index (χ1) is 10.8. The van der Waals surface area contributed by atoms with Crippen molar-refractivity contribution >= 4 is 44.6 Å². The molecule has 0 saturated carbocycles. The zero-order valence-corrected chi connectivity index (χ0v) is 13.1. The van der Waals surface area contributed by atoms with Crippen molar-refractivity contribution in [1.29, 1.82) is 0 Å². The standard InChI is InChI=1S/C14H11ClN4O3S/c15-12-6-5-10-11(14(20)19-13(10)18-12)7-17-8-1-3-9(4-2-8)23(16,21)22/h1-7,17H,(H2,16,21,22)(H,18,19,20). The van der Waals surface area contributed by atoms with Crippen LogP contribution in [0, 0.1) is 0 Å². The molecule has 1 aliphatic rings. The van der Waals surface area contributed by atoms with Crippen molar-refractivity contribution < 1.29 is 13.2 Å². The van der Waals surface area contributed by atoms with Crippen molar-refractivity contribution in [3.05, 3.63) is 53.3 Å². The molecule has 0 fully saturated rings. The molecule has 9 heteroatoms. The second-order valence-electron chi connectivity index (χ2n) is 4.76. The molecule has 2 heterocycles. The highest BCUT2D eigenvalue weighted by Gasteiger charge is 2.25. The van der Waals surface area contributed by atoms with Gasteiger partial charge in [-0.2, -0.15) is 0 Å². The van der Waals surface area contributed by atoms with Crippen LogP contribution in [0.1, 0.15) is 5.56 Å². The van der Waals surface area contributed by atoms with Crippen molar-refractivity contribution in [2.75, 3.05) is 10.6 Å². The van der Waals surface area contributed by atoms with Gasteiger partial charge in [0.15, 0.2) is 0 Å². The van der Waals surface area contributed by atoms with Crippen molar-refractivity contribution in [2.24, 2.45) is 5.14 Å². The molecule has 7 nitrogen and oxygen atoms in total. The fourth-order valence-electron chi connectivity index (χ4n) is 2.08. The lowest BCUT2D eigenvalue weighted by molar-refractivity contribution is -0.110. The Labute approximate surface area is 137 Å². The first-order valence-corrected chi connectivity index (χ1v) is 8.35. The summed E-state index contributed by atoms with van der Waals surface area (Å²) in [4.78, 5) is 16.0. The van der Waals surface area contributed by atoms with Gasteiger partial charge >= 0.3 is 0 Å². The summed E-state index contributed by atoms with van der Waals surface area (Å²) < 4.78 is 22.4. The van der Waals surface area contributed by atoms with Crippen LogP contribution in [0.25, 0.3) is 5.57 Å². The summed E-state index contributed by atoms with van der Waals surface area (Å²) in [5, 5.41) is 10.9. The summed E-state index contributed by atoms with van der Waals surface area (Å²) in [5.41, 5.74) is 1.64. The Morgan fingerprint density at radius 1 is 1.17 bits per heavy atom. The number of carbonyl (C=O) groups excluding carboxylic acids is 1. The highest BCUT2D eigenvalue weighted by atomic mass is 35.5. The van der Waals surface area contributed by atoms with E-state index in [0.29, 0.717) is 22.6 Å². The van der Waals surface area contributed by atoms with Crippen LogP contribution < -0.4 is 15.8 Å². The maximum absolute atomic E-state index is 12.0. The monoisotopic (exact) mass is 350 g/mol. The molecule has 0 atom stereocenters. The Hall–Kier alpha value is -2.42. The fraction of sp³-hybridized carbons (Fsp3) is 0. The average Bonchev–Trinajstić information content (AvgIpc) is 2.79. The van der Waals surface area contributed by atoms with Gasteiger partial charge in [-0.15, -0.1) is 0 Å². The van der Waals surface area contributed by atoms with Crippen molar-refractivity contribution in [1.82, 2.24) is 4.98 Å². The van der Waals surface area contributed by atoms with Crippen LogP contribution in [0.15, 0.2) is 47.5 Å². The van der Waals surface area contributed by atoms with Crippen LogP contribution >= 0.6 is 11.6 Å². The van der Waals surface area contributed by atoms with E-state index in [-0.39, 0.29) is 16.0 Å². The first kappa shape index (κ1) is 15.5. The molecule has 1 aliphatic heterocycles. The molecule has 23 heavy (non-hydrogen) atoms. The van der Waals surface area contributed by atoms with E-state index in [0.717, 1.165) is 0 Å². The topological polar surface area (TPSA) is 114 Å². The fourth-order valence-corrected chi connectivity index (χ4v) is 2.75. The molecule has 1 amide bonds. The third kappa shape index (κ3) is 3.19. The molecule has 4 N–H and O–H groups in total. The summed E-state index contributed by atoms with van der Waals surface area (Å²) in [5.74, 6) is 0.101. The van der Waals surface area contributed by atoms with E-state index in [1.807, 2.05) is 0 Å². The van der Waals surface area contributed by atoms with Gasteiger partial charge < -0.3 is 10.6 Å². The molecular weight excluding hydrogens is 340 g/mol. The number of halogens is 1. The first-order valence-electron chi connectivity index (χ1n) is 6.42. The van der Waals surface area contributed by atoms with Gasteiger partial charge in [0.05, 0.1) is 10.5 Å². The summed E-state index contributed by atoms with van der Waals surface area (Å²) >= 11 is 5.79. The smallest absolute Gasteiger partial charge is 0.259 e. The number of rotatable bonds is 3. The van der Waals surface area contributed by atoms with E-state index >= 15 is 0 Å². The molecule has 118 valence electrons. The van der Waals surface area contributed by atoms with Crippen molar-refractivity contribution in [3.8, 4) is 0 Å². The van der Waals surface area contributed by atoms with Gasteiger partial charge in [-0.1, -0.05) is 11.6 Å². The van der Waals surface area contributed by atoms with Crippen molar-refractivity contribution in [2.45, 2.75) is 4.90 Å². The molecule has 1 aromatic heterocycles. The molecule has 2 aromatic rings. The number of primary sulfonamides is 1. The number of aromatic nitrogens is 1. The van der Waals surface area contributed by atoms with Gasteiger partial charge in [0.2, 0.25) is 10.0 Å². The van der Waals surface area contributed by atoms with Gasteiger partial charge in [0, 0.05) is 17.5 Å². The molecule has 0 radical (unpaired) electrons. The average molecular weight is 351 g/mol. The number of nitrogens with one attached hydrogen (secondary N) is 2. The number of amides is 1. The number of nitrogens with zero attached hydrogens (tertiary/aromatic N) is 1. The number of benzene rings is 1. The highest BCUT2D eigenvalue weighted by molar-refractivity contribution is 7.89. The van der Waals surface area contributed by atoms with Crippen LogP contribution in [0.5, 0.6) is 0 Å². The maximum atomic E-state index is 12.0. The van der Waals surface area contributed by atoms with E-state index in [1.54, 1.807) is 24.3 Å². The predicted molar refractivity (Wildman–Crippen MR) is 87.3 cm³/mol. The summed E-state index contributed by atoms with van der Waals surface area (Å²) in [6, 6.07) is 9.13. The molecule has 0 unspecified atom stereocenters. The van der Waals surface area contributed by atoms with Crippen LogP contribution in [0.4, 0.5) is 11.5 Å². The Morgan fingerprint density at radius 2 is 1.87 bits per heavy atom. The Morgan fingerprint density at radius 3 is 2.52 bits per heavy atom. The highest BCUT2D eigenvalue weighted by Crippen LogP contribution is 2.31. The lowest BCUT2D eigenvalue weighted by Crippen LogP contribution is -2.11. The Kier molecular flexibility index (Phi) is 3.80. The summed E-state index contributed by atoms with van der Waals surface area (Å²) in [7, 11) is -3.73. The second kappa shape index (κ2) is 5.65.